The molecule has 0 atom stereocenters. The molecule has 0 saturated carbocycles. The van der Waals surface area contributed by atoms with E-state index in [1.54, 1.807) is 28.3 Å². The predicted molar refractivity (Wildman–Crippen MR) is 81.0 cm³/mol. The van der Waals surface area contributed by atoms with Crippen molar-refractivity contribution in [3.8, 4) is 16.3 Å². The van der Waals surface area contributed by atoms with Gasteiger partial charge in [0.2, 0.25) is 0 Å². The van der Waals surface area contributed by atoms with Crippen LogP contribution < -0.4 is 5.73 Å². The molecule has 3 rings (SSSR count). The highest BCUT2D eigenvalue weighted by molar-refractivity contribution is 7.15. The first-order chi connectivity index (χ1) is 9.54. The van der Waals surface area contributed by atoms with Gasteiger partial charge in [-0.25, -0.2) is 9.07 Å². The zero-order valence-electron chi connectivity index (χ0n) is 10.6. The number of anilines is 1. The van der Waals surface area contributed by atoms with E-state index in [0.717, 1.165) is 4.88 Å². The molecule has 1 aromatic carbocycles. The zero-order chi connectivity index (χ0) is 14.3. The molecule has 0 aliphatic carbocycles. The molecule has 0 radical (unpaired) electrons. The minimum atomic E-state index is -0.480. The quantitative estimate of drug-likeness (QED) is 0.767. The molecular formula is C14H11ClFN3S. The Balaban J connectivity index is 2.06. The van der Waals surface area contributed by atoms with Crippen LogP contribution in [0.4, 0.5) is 10.1 Å². The monoisotopic (exact) mass is 307 g/mol. The minimum absolute atomic E-state index is 0.0861. The number of benzene rings is 1. The molecule has 3 nitrogen and oxygen atoms in total. The van der Waals surface area contributed by atoms with Crippen molar-refractivity contribution in [3.63, 3.8) is 0 Å². The zero-order valence-corrected chi connectivity index (χ0v) is 12.2. The number of nitrogens with two attached hydrogens (primary N) is 1. The molecule has 2 aromatic heterocycles. The van der Waals surface area contributed by atoms with E-state index >= 15 is 0 Å². The Hall–Kier alpha value is -1.85. The molecule has 0 bridgehead atoms. The Kier molecular flexibility index (Phi) is 3.23. The van der Waals surface area contributed by atoms with E-state index in [1.807, 2.05) is 19.1 Å². The summed E-state index contributed by atoms with van der Waals surface area (Å²) in [4.78, 5) is 2.18. The van der Waals surface area contributed by atoms with Crippen LogP contribution in [0.2, 0.25) is 5.02 Å². The maximum atomic E-state index is 13.5. The average Bonchev–Trinajstić information content (AvgIpc) is 2.99. The van der Waals surface area contributed by atoms with Crippen molar-refractivity contribution in [1.82, 2.24) is 9.78 Å². The Morgan fingerprint density at radius 2 is 2.10 bits per heavy atom. The molecule has 0 aliphatic heterocycles. The molecule has 0 amide bonds. The second-order valence-corrected chi connectivity index (χ2v) is 6.08. The van der Waals surface area contributed by atoms with Crippen LogP contribution in [0.1, 0.15) is 4.88 Å². The SMILES string of the molecule is Cc1ccc(-c2nn(-c3ccc(Cl)c(F)c3)cc2N)s1. The van der Waals surface area contributed by atoms with Gasteiger partial charge in [-0.3, -0.25) is 0 Å². The van der Waals surface area contributed by atoms with Crippen LogP contribution in [0.5, 0.6) is 0 Å². The first kappa shape index (κ1) is 13.1. The van der Waals surface area contributed by atoms with E-state index in [2.05, 4.69) is 5.10 Å². The molecule has 2 heterocycles. The minimum Gasteiger partial charge on any atom is -0.396 e. The topological polar surface area (TPSA) is 43.8 Å². The Morgan fingerprint density at radius 3 is 2.75 bits per heavy atom. The van der Waals surface area contributed by atoms with Gasteiger partial charge in [-0.05, 0) is 31.2 Å². The lowest BCUT2D eigenvalue weighted by Crippen LogP contribution is -1.95. The Labute approximate surface area is 124 Å². The summed E-state index contributed by atoms with van der Waals surface area (Å²) in [5.41, 5.74) is 7.84. The van der Waals surface area contributed by atoms with Crippen molar-refractivity contribution in [1.29, 1.82) is 0 Å². The van der Waals surface area contributed by atoms with E-state index in [-0.39, 0.29) is 5.02 Å². The second-order valence-electron chi connectivity index (χ2n) is 4.39. The fourth-order valence-electron chi connectivity index (χ4n) is 1.90. The number of nitrogens with zero attached hydrogens (tertiary/aromatic N) is 2. The second kappa shape index (κ2) is 4.92. The van der Waals surface area contributed by atoms with Gasteiger partial charge in [0.25, 0.3) is 0 Å². The number of hydrogen-bond acceptors (Lipinski definition) is 3. The lowest BCUT2D eigenvalue weighted by atomic mass is 10.3. The lowest BCUT2D eigenvalue weighted by molar-refractivity contribution is 0.626. The summed E-state index contributed by atoms with van der Waals surface area (Å²) in [6.07, 6.45) is 1.67. The third kappa shape index (κ3) is 2.30. The summed E-state index contributed by atoms with van der Waals surface area (Å²) >= 11 is 7.29. The number of nitrogen functional groups attached to an aromatic ring is 1. The summed E-state index contributed by atoms with van der Waals surface area (Å²) in [5, 5.41) is 4.51. The molecule has 0 fully saturated rings. The largest absolute Gasteiger partial charge is 0.396 e. The van der Waals surface area contributed by atoms with Gasteiger partial charge in [0.1, 0.15) is 11.5 Å². The summed E-state index contributed by atoms with van der Waals surface area (Å²) in [5.74, 6) is -0.480. The molecule has 0 aliphatic rings. The van der Waals surface area contributed by atoms with Crippen molar-refractivity contribution in [3.05, 3.63) is 52.2 Å². The van der Waals surface area contributed by atoms with Crippen molar-refractivity contribution in [2.75, 3.05) is 5.73 Å². The molecular weight excluding hydrogens is 297 g/mol. The van der Waals surface area contributed by atoms with Crippen LogP contribution >= 0.6 is 22.9 Å². The normalized spacial score (nSPS) is 10.9. The highest BCUT2D eigenvalue weighted by Crippen LogP contribution is 2.31. The smallest absolute Gasteiger partial charge is 0.143 e. The van der Waals surface area contributed by atoms with Crippen LogP contribution in [0.3, 0.4) is 0 Å². The van der Waals surface area contributed by atoms with Crippen molar-refractivity contribution in [2.45, 2.75) is 6.92 Å². The number of rotatable bonds is 2. The van der Waals surface area contributed by atoms with Gasteiger partial charge in [0.05, 0.1) is 27.5 Å². The van der Waals surface area contributed by atoms with Gasteiger partial charge in [-0.2, -0.15) is 5.10 Å². The Bertz CT molecular complexity index is 779. The van der Waals surface area contributed by atoms with Gasteiger partial charge >= 0.3 is 0 Å². The molecule has 2 N–H and O–H groups in total. The van der Waals surface area contributed by atoms with E-state index in [4.69, 9.17) is 17.3 Å². The maximum absolute atomic E-state index is 13.5. The van der Waals surface area contributed by atoms with Gasteiger partial charge in [0, 0.05) is 10.9 Å². The fraction of sp³-hybridized carbons (Fsp3) is 0.0714. The maximum Gasteiger partial charge on any atom is 0.143 e. The van der Waals surface area contributed by atoms with Crippen molar-refractivity contribution in [2.24, 2.45) is 0 Å². The van der Waals surface area contributed by atoms with E-state index in [1.165, 1.54) is 17.0 Å². The van der Waals surface area contributed by atoms with Crippen molar-refractivity contribution >= 4 is 28.6 Å². The third-order valence-electron chi connectivity index (χ3n) is 2.88. The fourth-order valence-corrected chi connectivity index (χ4v) is 2.89. The number of aromatic nitrogens is 2. The molecule has 102 valence electrons. The van der Waals surface area contributed by atoms with Gasteiger partial charge in [-0.1, -0.05) is 11.6 Å². The van der Waals surface area contributed by atoms with E-state index in [9.17, 15) is 4.39 Å². The lowest BCUT2D eigenvalue weighted by Gasteiger charge is -2.01. The molecule has 0 saturated heterocycles. The number of halogens is 2. The summed E-state index contributed by atoms with van der Waals surface area (Å²) < 4.78 is 15.1. The summed E-state index contributed by atoms with van der Waals surface area (Å²) in [6.45, 7) is 2.02. The van der Waals surface area contributed by atoms with Gasteiger partial charge in [0.15, 0.2) is 0 Å². The van der Waals surface area contributed by atoms with Crippen molar-refractivity contribution < 1.29 is 4.39 Å². The molecule has 0 unspecified atom stereocenters. The van der Waals surface area contributed by atoms with Crippen LogP contribution in [0.15, 0.2) is 36.5 Å². The van der Waals surface area contributed by atoms with Crippen LogP contribution in [0.25, 0.3) is 16.3 Å². The van der Waals surface area contributed by atoms with E-state index < -0.39 is 5.82 Å². The highest BCUT2D eigenvalue weighted by Gasteiger charge is 2.12. The highest BCUT2D eigenvalue weighted by atomic mass is 35.5. The molecule has 6 heteroatoms. The van der Waals surface area contributed by atoms with E-state index in [0.29, 0.717) is 17.1 Å². The number of aryl methyl sites for hydroxylation is 1. The molecule has 3 aromatic rings. The van der Waals surface area contributed by atoms with Gasteiger partial charge in [-0.15, -0.1) is 11.3 Å². The standard InChI is InChI=1S/C14H11ClFN3S/c1-8-2-5-13(20-8)14-12(17)7-19(18-14)9-3-4-10(15)11(16)6-9/h2-7H,17H2,1H3. The van der Waals surface area contributed by atoms with Crippen LogP contribution in [-0.2, 0) is 0 Å². The summed E-state index contributed by atoms with van der Waals surface area (Å²) in [7, 11) is 0. The summed E-state index contributed by atoms with van der Waals surface area (Å²) in [6, 6.07) is 8.52. The average molecular weight is 308 g/mol. The molecule has 0 spiro atoms. The third-order valence-corrected chi connectivity index (χ3v) is 4.20. The van der Waals surface area contributed by atoms with Crippen LogP contribution in [0, 0.1) is 12.7 Å². The number of hydrogen-bond donors (Lipinski definition) is 1. The first-order valence-electron chi connectivity index (χ1n) is 5.92. The van der Waals surface area contributed by atoms with Gasteiger partial charge < -0.3 is 5.73 Å². The van der Waals surface area contributed by atoms with Crippen LogP contribution in [-0.4, -0.2) is 9.78 Å². The Morgan fingerprint density at radius 1 is 1.30 bits per heavy atom. The predicted octanol–water partition coefficient (Wildman–Crippen LogP) is 4.28. The first-order valence-corrected chi connectivity index (χ1v) is 7.11. The molecule has 20 heavy (non-hydrogen) atoms. The number of thiophene rings is 1.